The van der Waals surface area contributed by atoms with E-state index in [1.54, 1.807) is 0 Å². The number of hydrogen-bond donors (Lipinski definition) is 2. The summed E-state index contributed by atoms with van der Waals surface area (Å²) in [5, 5.41) is 13.6. The van der Waals surface area contributed by atoms with Crippen molar-refractivity contribution in [1.29, 1.82) is 0 Å². The number of nitrogens with zero attached hydrogens (tertiary/aromatic N) is 1. The van der Waals surface area contributed by atoms with Gasteiger partial charge >= 0.3 is 51.4 Å². The van der Waals surface area contributed by atoms with Crippen LogP contribution in [0.5, 0.6) is 0 Å². The molecular weight excluding hydrogens is 197 g/mol. The Labute approximate surface area is 98.3 Å². The third-order valence-corrected chi connectivity index (χ3v) is 0. The molecule has 10 heteroatoms. The van der Waals surface area contributed by atoms with Crippen LogP contribution in [0.3, 0.4) is 0 Å². The van der Waals surface area contributed by atoms with Crippen LogP contribution in [-0.4, -0.2) is 27.8 Å². The van der Waals surface area contributed by atoms with E-state index in [2.05, 4.69) is 0 Å². The standard InChI is InChI=1S/K.HNO3.H2O4S/c;2-1(3)4;1-5(2,3)4/h;(H,2,3,4);(H2,1,2,3,4)/q+1;;/p-1. The van der Waals surface area contributed by atoms with Gasteiger partial charge in [-0.1, -0.05) is 0 Å². The number of hydrogen-bond acceptors (Lipinski definition) is 5. The molecule has 0 bridgehead atoms. The van der Waals surface area contributed by atoms with Crippen LogP contribution in [0.4, 0.5) is 0 Å². The van der Waals surface area contributed by atoms with E-state index >= 15 is 0 Å². The molecule has 0 heterocycles. The molecule has 0 unspecified atom stereocenters. The maximum absolute atomic E-state index is 8.63. The van der Waals surface area contributed by atoms with E-state index in [-0.39, 0.29) is 51.4 Å². The average molecular weight is 199 g/mol. The van der Waals surface area contributed by atoms with Crippen LogP contribution >= 0.6 is 0 Å². The normalized spacial score (nSPS) is 8.20. The second-order valence-corrected chi connectivity index (χ2v) is 1.52. The smallest absolute Gasteiger partial charge is 0.726 e. The van der Waals surface area contributed by atoms with E-state index in [0.717, 1.165) is 0 Å². The zero-order valence-corrected chi connectivity index (χ0v) is 8.73. The third-order valence-electron chi connectivity index (χ3n) is 0. The Balaban J connectivity index is -0.0000000910. The molecule has 8 nitrogen and oxygen atoms in total. The molecular formula is H2KNO7S. The molecule has 0 amide bonds. The molecule has 0 aliphatic carbocycles. The Morgan fingerprint density at radius 1 is 1.40 bits per heavy atom. The van der Waals surface area contributed by atoms with E-state index in [0.29, 0.717) is 0 Å². The predicted molar refractivity (Wildman–Crippen MR) is 21.1 cm³/mol. The van der Waals surface area contributed by atoms with Crippen molar-refractivity contribution in [1.82, 2.24) is 0 Å². The first-order valence-corrected chi connectivity index (χ1v) is 2.61. The van der Waals surface area contributed by atoms with E-state index in [9.17, 15) is 0 Å². The molecule has 0 aliphatic heterocycles. The number of rotatable bonds is 0. The minimum Gasteiger partial charge on any atom is -0.726 e. The van der Waals surface area contributed by atoms with E-state index in [4.69, 9.17) is 32.8 Å². The molecule has 0 atom stereocenters. The minimum atomic E-state index is -4.92. The summed E-state index contributed by atoms with van der Waals surface area (Å²) < 4.78 is 32.8. The maximum Gasteiger partial charge on any atom is 1.00 e. The molecule has 10 heavy (non-hydrogen) atoms. The van der Waals surface area contributed by atoms with Crippen molar-refractivity contribution in [2.45, 2.75) is 0 Å². The van der Waals surface area contributed by atoms with Crippen molar-refractivity contribution in [3.63, 3.8) is 0 Å². The van der Waals surface area contributed by atoms with E-state index < -0.39 is 15.5 Å². The zero-order valence-electron chi connectivity index (χ0n) is 4.79. The summed E-state index contributed by atoms with van der Waals surface area (Å²) in [6.07, 6.45) is 0. The van der Waals surface area contributed by atoms with Crippen molar-refractivity contribution in [2.24, 2.45) is 0 Å². The van der Waals surface area contributed by atoms with Gasteiger partial charge in [0.1, 0.15) is 0 Å². The molecule has 0 aromatic rings. The van der Waals surface area contributed by atoms with E-state index in [1.165, 1.54) is 0 Å². The van der Waals surface area contributed by atoms with Gasteiger partial charge in [0, 0.05) is 0 Å². The van der Waals surface area contributed by atoms with Crippen LogP contribution in [0.25, 0.3) is 0 Å². The summed E-state index contributed by atoms with van der Waals surface area (Å²) in [5.74, 6) is 0. The second-order valence-electron chi connectivity index (χ2n) is 0.666. The summed E-state index contributed by atoms with van der Waals surface area (Å²) in [5.41, 5.74) is 0. The summed E-state index contributed by atoms with van der Waals surface area (Å²) in [6, 6.07) is 0. The van der Waals surface area contributed by atoms with E-state index in [1.807, 2.05) is 0 Å². The Hall–Kier alpha value is 0.706. The van der Waals surface area contributed by atoms with Crippen molar-refractivity contribution in [3.8, 4) is 0 Å². The zero-order chi connectivity index (χ0) is 8.08. The fraction of sp³-hybridized carbons (Fsp3) is 0. The van der Waals surface area contributed by atoms with Crippen LogP contribution in [0.15, 0.2) is 0 Å². The molecule has 0 spiro atoms. The largest absolute Gasteiger partial charge is 1.00 e. The molecule has 56 valence electrons. The second kappa shape index (κ2) is 7.81. The van der Waals surface area contributed by atoms with Gasteiger partial charge in [0.15, 0.2) is 0 Å². The van der Waals surface area contributed by atoms with Gasteiger partial charge in [-0.3, -0.25) is 4.55 Å². The maximum atomic E-state index is 8.63. The first-order valence-electron chi connectivity index (χ1n) is 1.25. The fourth-order valence-corrected chi connectivity index (χ4v) is 0. The van der Waals surface area contributed by atoms with Crippen molar-refractivity contribution in [3.05, 3.63) is 10.1 Å². The Kier molecular flexibility index (Phi) is 13.3. The Morgan fingerprint density at radius 2 is 1.40 bits per heavy atom. The van der Waals surface area contributed by atoms with Gasteiger partial charge in [0.25, 0.3) is 5.09 Å². The topological polar surface area (TPSA) is 141 Å². The SMILES string of the molecule is O=S(=O)([O-])O.O=[N+]([O-])O.[K+]. The van der Waals surface area contributed by atoms with Crippen LogP contribution < -0.4 is 51.4 Å². The molecule has 0 rings (SSSR count). The Morgan fingerprint density at radius 3 is 1.40 bits per heavy atom. The van der Waals surface area contributed by atoms with Crippen molar-refractivity contribution < 1.29 is 79.2 Å². The monoisotopic (exact) mass is 199 g/mol. The first kappa shape index (κ1) is 17.0. The van der Waals surface area contributed by atoms with Gasteiger partial charge < -0.3 is 9.76 Å². The first-order chi connectivity index (χ1) is 3.73. The predicted octanol–water partition coefficient (Wildman–Crippen LogP) is -4.34. The molecule has 0 radical (unpaired) electrons. The summed E-state index contributed by atoms with van der Waals surface area (Å²) in [4.78, 5) is 8.36. The van der Waals surface area contributed by atoms with Gasteiger partial charge in [-0.15, -0.1) is 10.1 Å². The van der Waals surface area contributed by atoms with Crippen LogP contribution in [0, 0.1) is 10.1 Å². The quantitative estimate of drug-likeness (QED) is 0.132. The van der Waals surface area contributed by atoms with Crippen molar-refractivity contribution in [2.75, 3.05) is 0 Å². The van der Waals surface area contributed by atoms with Gasteiger partial charge in [-0.05, 0) is 0 Å². The molecule has 0 saturated heterocycles. The molecule has 2 N–H and O–H groups in total. The molecule has 0 fully saturated rings. The van der Waals surface area contributed by atoms with Crippen LogP contribution in [0.1, 0.15) is 0 Å². The molecule has 0 aromatic carbocycles. The Bertz CT molecular complexity index is 156. The third kappa shape index (κ3) is 1040. The van der Waals surface area contributed by atoms with Crippen LogP contribution in [-0.2, 0) is 10.4 Å². The van der Waals surface area contributed by atoms with Crippen LogP contribution in [0.2, 0.25) is 0 Å². The summed E-state index contributed by atoms with van der Waals surface area (Å²) >= 11 is 0. The average Bonchev–Trinajstić information content (AvgIpc) is 1.19. The van der Waals surface area contributed by atoms with Gasteiger partial charge in [-0.25, -0.2) is 8.42 Å². The molecule has 0 saturated carbocycles. The molecule has 0 aromatic heterocycles. The molecule has 0 aliphatic rings. The van der Waals surface area contributed by atoms with Gasteiger partial charge in [0.2, 0.25) is 10.4 Å². The van der Waals surface area contributed by atoms with Crippen molar-refractivity contribution >= 4 is 10.4 Å². The van der Waals surface area contributed by atoms with Gasteiger partial charge in [-0.2, -0.15) is 0 Å². The van der Waals surface area contributed by atoms with Gasteiger partial charge in [0.05, 0.1) is 0 Å². The fourth-order valence-electron chi connectivity index (χ4n) is 0. The minimum absolute atomic E-state index is 0. The summed E-state index contributed by atoms with van der Waals surface area (Å²) in [7, 11) is -4.92. The summed E-state index contributed by atoms with van der Waals surface area (Å²) in [6.45, 7) is 0.